The van der Waals surface area contributed by atoms with Gasteiger partial charge in [0.25, 0.3) is 0 Å². The van der Waals surface area contributed by atoms with Gasteiger partial charge in [0.15, 0.2) is 0 Å². The lowest BCUT2D eigenvalue weighted by atomic mass is 10.1. The first-order valence-electron chi connectivity index (χ1n) is 6.47. The van der Waals surface area contributed by atoms with Gasteiger partial charge < -0.3 is 9.64 Å². The fraction of sp³-hybridized carbons (Fsp3) is 0.400. The Bertz CT molecular complexity index is 494. The largest absolute Gasteiger partial charge is 0.464 e. The maximum absolute atomic E-state index is 12.0. The van der Waals surface area contributed by atoms with Crippen LogP contribution in [0.15, 0.2) is 30.3 Å². The Morgan fingerprint density at radius 3 is 2.55 bits per heavy atom. The Kier molecular flexibility index (Phi) is 6.24. The molecule has 0 aliphatic carbocycles. The molecule has 1 aromatic carbocycles. The number of ether oxygens (including phenoxy) is 1. The molecular formula is C15H18N2O3. The highest BCUT2D eigenvalue weighted by molar-refractivity contribution is 5.85. The number of amides is 1. The van der Waals surface area contributed by atoms with Crippen LogP contribution in [-0.2, 0) is 20.9 Å². The predicted molar refractivity (Wildman–Crippen MR) is 73.3 cm³/mol. The highest BCUT2D eigenvalue weighted by atomic mass is 16.5. The summed E-state index contributed by atoms with van der Waals surface area (Å²) in [6, 6.07) is 10.4. The number of hydrogen-bond acceptors (Lipinski definition) is 4. The average Bonchev–Trinajstić information content (AvgIpc) is 2.45. The van der Waals surface area contributed by atoms with Crippen LogP contribution in [0, 0.1) is 11.3 Å². The van der Waals surface area contributed by atoms with Crippen molar-refractivity contribution >= 4 is 11.9 Å². The van der Waals surface area contributed by atoms with Gasteiger partial charge in [0.2, 0.25) is 5.91 Å². The van der Waals surface area contributed by atoms with Crippen molar-refractivity contribution in [2.75, 3.05) is 6.61 Å². The van der Waals surface area contributed by atoms with Crippen molar-refractivity contribution in [1.82, 2.24) is 4.90 Å². The van der Waals surface area contributed by atoms with Crippen molar-refractivity contribution in [2.24, 2.45) is 0 Å². The van der Waals surface area contributed by atoms with Crippen molar-refractivity contribution < 1.29 is 14.3 Å². The molecule has 0 fully saturated rings. The summed E-state index contributed by atoms with van der Waals surface area (Å²) in [6.45, 7) is 3.86. The zero-order chi connectivity index (χ0) is 15.0. The lowest BCUT2D eigenvalue weighted by Crippen LogP contribution is -2.43. The van der Waals surface area contributed by atoms with Gasteiger partial charge in [-0.25, -0.2) is 4.79 Å². The molecule has 5 nitrogen and oxygen atoms in total. The van der Waals surface area contributed by atoms with Crippen LogP contribution in [0.1, 0.15) is 25.8 Å². The first-order chi connectivity index (χ1) is 9.60. The van der Waals surface area contributed by atoms with Gasteiger partial charge in [-0.15, -0.1) is 0 Å². The summed E-state index contributed by atoms with van der Waals surface area (Å²) in [5, 5.41) is 8.66. The molecule has 1 aromatic rings. The normalized spacial score (nSPS) is 11.2. The molecule has 20 heavy (non-hydrogen) atoms. The number of benzene rings is 1. The van der Waals surface area contributed by atoms with E-state index in [9.17, 15) is 9.59 Å². The van der Waals surface area contributed by atoms with Crippen molar-refractivity contribution in [3.05, 3.63) is 35.9 Å². The van der Waals surface area contributed by atoms with Crippen LogP contribution in [0.25, 0.3) is 0 Å². The highest BCUT2D eigenvalue weighted by Crippen LogP contribution is 2.11. The van der Waals surface area contributed by atoms with E-state index in [0.29, 0.717) is 0 Å². The molecule has 1 amide bonds. The molecule has 106 valence electrons. The van der Waals surface area contributed by atoms with Crippen LogP contribution in [0.3, 0.4) is 0 Å². The van der Waals surface area contributed by atoms with Gasteiger partial charge in [-0.3, -0.25) is 4.79 Å². The Morgan fingerprint density at radius 1 is 1.35 bits per heavy atom. The summed E-state index contributed by atoms with van der Waals surface area (Å²) < 4.78 is 4.93. The molecule has 0 heterocycles. The Hall–Kier alpha value is -2.35. The minimum absolute atomic E-state index is 0.253. The van der Waals surface area contributed by atoms with Crippen molar-refractivity contribution in [3.63, 3.8) is 0 Å². The lowest BCUT2D eigenvalue weighted by Gasteiger charge is -2.27. The molecule has 1 rings (SSSR count). The second-order valence-electron chi connectivity index (χ2n) is 4.27. The lowest BCUT2D eigenvalue weighted by molar-refractivity contribution is -0.154. The zero-order valence-electron chi connectivity index (χ0n) is 11.7. The minimum atomic E-state index is -0.712. The summed E-state index contributed by atoms with van der Waals surface area (Å²) in [5.41, 5.74) is 0.898. The third-order valence-corrected chi connectivity index (χ3v) is 2.84. The second-order valence-corrected chi connectivity index (χ2v) is 4.27. The van der Waals surface area contributed by atoms with Crippen molar-refractivity contribution in [3.8, 4) is 6.07 Å². The van der Waals surface area contributed by atoms with Gasteiger partial charge in [-0.1, -0.05) is 30.3 Å². The van der Waals surface area contributed by atoms with Crippen LogP contribution >= 0.6 is 0 Å². The number of nitrogens with zero attached hydrogens (tertiary/aromatic N) is 2. The molecule has 0 aliphatic rings. The van der Waals surface area contributed by atoms with E-state index < -0.39 is 12.0 Å². The van der Waals surface area contributed by atoms with E-state index in [1.807, 2.05) is 36.4 Å². The number of hydrogen-bond donors (Lipinski definition) is 0. The molecule has 0 saturated heterocycles. The molecule has 1 unspecified atom stereocenters. The fourth-order valence-electron chi connectivity index (χ4n) is 1.78. The molecule has 0 N–H and O–H groups in total. The number of nitriles is 1. The molecule has 0 radical (unpaired) electrons. The van der Waals surface area contributed by atoms with Crippen LogP contribution in [0.4, 0.5) is 0 Å². The maximum atomic E-state index is 12.0. The van der Waals surface area contributed by atoms with Crippen LogP contribution in [0.5, 0.6) is 0 Å². The summed E-state index contributed by atoms with van der Waals surface area (Å²) in [4.78, 5) is 25.1. The quantitative estimate of drug-likeness (QED) is 0.743. The molecule has 0 aliphatic heterocycles. The topological polar surface area (TPSA) is 70.4 Å². The van der Waals surface area contributed by atoms with Gasteiger partial charge in [-0.2, -0.15) is 5.26 Å². The maximum Gasteiger partial charge on any atom is 0.328 e. The monoisotopic (exact) mass is 274 g/mol. The number of esters is 1. The minimum Gasteiger partial charge on any atom is -0.464 e. The summed E-state index contributed by atoms with van der Waals surface area (Å²) in [7, 11) is 0. The molecule has 1 atom stereocenters. The predicted octanol–water partition coefficient (Wildman–Crippen LogP) is 1.88. The molecule has 5 heteroatoms. The van der Waals surface area contributed by atoms with Crippen molar-refractivity contribution in [1.29, 1.82) is 5.26 Å². The second kappa shape index (κ2) is 7.95. The standard InChI is InChI=1S/C15H18N2O3/c1-3-20-15(19)12(2)17(14(18)9-10-16)11-13-7-5-4-6-8-13/h4-8,12H,3,9,11H2,1-2H3. The van der Waals surface area contributed by atoms with Gasteiger partial charge in [0, 0.05) is 6.54 Å². The summed E-state index contributed by atoms with van der Waals surface area (Å²) >= 11 is 0. The van der Waals surface area contributed by atoms with Gasteiger partial charge >= 0.3 is 5.97 Å². The van der Waals surface area contributed by atoms with Crippen LogP contribution in [0.2, 0.25) is 0 Å². The molecule has 0 bridgehead atoms. The average molecular weight is 274 g/mol. The third kappa shape index (κ3) is 4.39. The van der Waals surface area contributed by atoms with Crippen LogP contribution < -0.4 is 0 Å². The fourth-order valence-corrected chi connectivity index (χ4v) is 1.78. The Balaban J connectivity index is 2.88. The van der Waals surface area contributed by atoms with Gasteiger partial charge in [0.1, 0.15) is 12.5 Å². The molecule has 0 spiro atoms. The number of rotatable bonds is 6. The summed E-state index contributed by atoms with van der Waals surface area (Å²) in [6.07, 6.45) is -0.253. The van der Waals surface area contributed by atoms with E-state index in [1.165, 1.54) is 4.90 Å². The van der Waals surface area contributed by atoms with E-state index >= 15 is 0 Å². The molecule has 0 saturated carbocycles. The first-order valence-corrected chi connectivity index (χ1v) is 6.47. The van der Waals surface area contributed by atoms with E-state index in [4.69, 9.17) is 10.00 Å². The zero-order valence-corrected chi connectivity index (χ0v) is 11.7. The van der Waals surface area contributed by atoms with E-state index in [-0.39, 0.29) is 25.5 Å². The smallest absolute Gasteiger partial charge is 0.328 e. The number of carbonyl (C=O) groups is 2. The van der Waals surface area contributed by atoms with E-state index in [0.717, 1.165) is 5.56 Å². The SMILES string of the molecule is CCOC(=O)C(C)N(Cc1ccccc1)C(=O)CC#N. The van der Waals surface area contributed by atoms with E-state index in [1.54, 1.807) is 13.8 Å². The molecular weight excluding hydrogens is 256 g/mol. The first kappa shape index (κ1) is 15.7. The Labute approximate surface area is 118 Å². The highest BCUT2D eigenvalue weighted by Gasteiger charge is 2.26. The molecule has 0 aromatic heterocycles. The summed E-state index contributed by atoms with van der Waals surface area (Å²) in [5.74, 6) is -0.841. The van der Waals surface area contributed by atoms with Gasteiger partial charge in [0.05, 0.1) is 12.7 Å². The van der Waals surface area contributed by atoms with Crippen molar-refractivity contribution in [2.45, 2.75) is 32.9 Å². The van der Waals surface area contributed by atoms with Crippen LogP contribution in [-0.4, -0.2) is 29.4 Å². The Morgan fingerprint density at radius 2 is 2.00 bits per heavy atom. The van der Waals surface area contributed by atoms with E-state index in [2.05, 4.69) is 0 Å². The third-order valence-electron chi connectivity index (χ3n) is 2.84. The number of carbonyl (C=O) groups excluding carboxylic acids is 2. The van der Waals surface area contributed by atoms with Gasteiger partial charge in [-0.05, 0) is 19.4 Å².